The number of nitrogens with zero attached hydrogens (tertiary/aromatic N) is 8. The maximum Gasteiger partial charge on any atom is 0.329 e. The summed E-state index contributed by atoms with van der Waals surface area (Å²) < 4.78 is 31.9. The van der Waals surface area contributed by atoms with E-state index in [0.29, 0.717) is 84.7 Å². The SMILES string of the molecule is COc1cc(N2CCN(CCc3cccc4c3n(C)c(=O)n4C3CCC(=O)NC3=O)CC2)ccc1-c1cc(C2=CCCN(C(=O)C(C)C)C2)c(F)c2[nH]c(C(=O)N3CCN(c4ncccc4OC)CC3)cc12. The van der Waals surface area contributed by atoms with Crippen molar-refractivity contribution in [1.29, 1.82) is 0 Å². The lowest BCUT2D eigenvalue weighted by molar-refractivity contribution is -0.136. The number of amides is 4. The molecule has 3 fully saturated rings. The number of methoxy groups -OCH3 is 2. The van der Waals surface area contributed by atoms with Gasteiger partial charge in [0.15, 0.2) is 17.4 Å². The van der Waals surface area contributed by atoms with Crippen molar-refractivity contribution in [2.75, 3.05) is 96.0 Å². The minimum atomic E-state index is -0.739. The first-order valence-corrected chi connectivity index (χ1v) is 24.9. The molecule has 17 nitrogen and oxygen atoms in total. The lowest BCUT2D eigenvalue weighted by Gasteiger charge is -2.36. The number of aromatic nitrogens is 4. The van der Waals surface area contributed by atoms with Gasteiger partial charge in [0.05, 0.1) is 30.8 Å². The third-order valence-corrected chi connectivity index (χ3v) is 14.8. The van der Waals surface area contributed by atoms with E-state index >= 15 is 4.39 Å². The summed E-state index contributed by atoms with van der Waals surface area (Å²) in [4.78, 5) is 83.8. The largest absolute Gasteiger partial charge is 0.496 e. The summed E-state index contributed by atoms with van der Waals surface area (Å²) in [6.45, 7) is 10.4. The van der Waals surface area contributed by atoms with Gasteiger partial charge in [0.1, 0.15) is 17.5 Å². The van der Waals surface area contributed by atoms with Crippen LogP contribution in [0.25, 0.3) is 38.6 Å². The molecular formula is C54H61FN10O7. The van der Waals surface area contributed by atoms with Crippen LogP contribution >= 0.6 is 0 Å². The summed E-state index contributed by atoms with van der Waals surface area (Å²) in [7, 11) is 4.97. The van der Waals surface area contributed by atoms with Gasteiger partial charge in [0.25, 0.3) is 5.91 Å². The van der Waals surface area contributed by atoms with Gasteiger partial charge in [-0.15, -0.1) is 0 Å². The first-order valence-electron chi connectivity index (χ1n) is 24.9. The van der Waals surface area contributed by atoms with E-state index in [-0.39, 0.29) is 59.9 Å². The number of anilines is 2. The van der Waals surface area contributed by atoms with Gasteiger partial charge >= 0.3 is 5.69 Å². The van der Waals surface area contributed by atoms with Gasteiger partial charge in [-0.2, -0.15) is 0 Å². The molecule has 3 saturated heterocycles. The molecule has 0 bridgehead atoms. The number of fused-ring (bicyclic) bond motifs is 2. The average Bonchev–Trinajstić information content (AvgIpc) is 3.97. The van der Waals surface area contributed by atoms with Crippen molar-refractivity contribution in [1.82, 2.24) is 39.1 Å². The second kappa shape index (κ2) is 20.0. The Kier molecular flexibility index (Phi) is 13.4. The van der Waals surface area contributed by atoms with Crippen molar-refractivity contribution >= 4 is 62.6 Å². The number of hydrogen-bond donors (Lipinski definition) is 2. The van der Waals surface area contributed by atoms with E-state index in [1.165, 1.54) is 4.57 Å². The average molecular weight is 981 g/mol. The normalized spacial score (nSPS) is 18.0. The summed E-state index contributed by atoms with van der Waals surface area (Å²) in [6.07, 6.45) is 5.49. The minimum absolute atomic E-state index is 0.0136. The van der Waals surface area contributed by atoms with Gasteiger partial charge < -0.3 is 34.1 Å². The predicted molar refractivity (Wildman–Crippen MR) is 274 cm³/mol. The van der Waals surface area contributed by atoms with Crippen molar-refractivity contribution in [3.05, 3.63) is 106 Å². The predicted octanol–water partition coefficient (Wildman–Crippen LogP) is 5.62. The quantitative estimate of drug-likeness (QED) is 0.146. The Balaban J connectivity index is 0.890. The third kappa shape index (κ3) is 8.96. The van der Waals surface area contributed by atoms with Crippen molar-refractivity contribution in [3.8, 4) is 22.6 Å². The Morgan fingerprint density at radius 2 is 1.60 bits per heavy atom. The standard InChI is InChI=1S/C54H61FN10O7/c1-33(2)52(68)64-19-8-10-35(32-64)38-30-39(40-31-41(57-48(40)47(38)55)53(69)63-27-25-62(26-28-63)50-44(71-4)12-7-18-56-50)37-14-13-36(29-45(37)72-5)61-23-21-60(22-24-61)20-17-34-9-6-11-42-49(34)59(3)54(70)65(42)43-15-16-46(66)58-51(43)67/h6-7,9-14,18,29-31,33,43,57H,8,15-17,19-28,32H2,1-5H3,(H,58,66,67). The van der Waals surface area contributed by atoms with Gasteiger partial charge in [-0.3, -0.25) is 38.5 Å². The Morgan fingerprint density at radius 1 is 0.833 bits per heavy atom. The zero-order valence-corrected chi connectivity index (χ0v) is 41.5. The molecule has 0 saturated carbocycles. The Bertz CT molecular complexity index is 3190. The van der Waals surface area contributed by atoms with Crippen LogP contribution in [0.15, 0.2) is 77.7 Å². The summed E-state index contributed by atoms with van der Waals surface area (Å²) in [5, 5.41) is 2.93. The summed E-state index contributed by atoms with van der Waals surface area (Å²) in [5.74, 6) is 0.317. The molecule has 1 atom stereocenters. The second-order valence-electron chi connectivity index (χ2n) is 19.4. The fraction of sp³-hybridized carbons (Fsp3) is 0.407. The molecule has 72 heavy (non-hydrogen) atoms. The number of piperidine rings is 1. The third-order valence-electron chi connectivity index (χ3n) is 14.8. The molecular weight excluding hydrogens is 920 g/mol. The lowest BCUT2D eigenvalue weighted by Crippen LogP contribution is -2.49. The van der Waals surface area contributed by atoms with E-state index in [0.717, 1.165) is 60.9 Å². The second-order valence-corrected chi connectivity index (χ2v) is 19.4. The number of aryl methyl sites for hydroxylation is 1. The molecule has 2 N–H and O–H groups in total. The number of pyridine rings is 1. The van der Waals surface area contributed by atoms with Crippen molar-refractivity contribution < 1.29 is 33.0 Å². The number of carbonyl (C=O) groups excluding carboxylic acids is 4. The maximum absolute atomic E-state index is 17.1. The molecule has 0 radical (unpaired) electrons. The van der Waals surface area contributed by atoms with E-state index < -0.39 is 17.8 Å². The molecule has 3 aromatic carbocycles. The smallest absolute Gasteiger partial charge is 0.329 e. The van der Waals surface area contributed by atoms with Crippen LogP contribution < -0.4 is 30.3 Å². The van der Waals surface area contributed by atoms with Crippen LogP contribution in [0.5, 0.6) is 11.5 Å². The van der Waals surface area contributed by atoms with Gasteiger partial charge in [0.2, 0.25) is 17.7 Å². The monoisotopic (exact) mass is 980 g/mol. The van der Waals surface area contributed by atoms with Crippen LogP contribution in [-0.4, -0.2) is 144 Å². The maximum atomic E-state index is 17.1. The zero-order chi connectivity index (χ0) is 50.4. The number of hydrogen-bond acceptors (Lipinski definition) is 11. The highest BCUT2D eigenvalue weighted by atomic mass is 19.1. The van der Waals surface area contributed by atoms with Crippen LogP contribution in [0.4, 0.5) is 15.9 Å². The molecule has 4 aliphatic heterocycles. The zero-order valence-electron chi connectivity index (χ0n) is 41.5. The summed E-state index contributed by atoms with van der Waals surface area (Å²) in [6, 6.07) is 18.4. The summed E-state index contributed by atoms with van der Waals surface area (Å²) >= 11 is 0. The van der Waals surface area contributed by atoms with E-state index in [1.807, 2.05) is 68.5 Å². The Labute approximate surface area is 416 Å². The number of H-pyrrole nitrogens is 1. The fourth-order valence-electron chi connectivity index (χ4n) is 11.0. The first kappa shape index (κ1) is 48.2. The van der Waals surface area contributed by atoms with Crippen LogP contribution in [0.2, 0.25) is 0 Å². The highest BCUT2D eigenvalue weighted by Crippen LogP contribution is 2.42. The number of imidazole rings is 1. The van der Waals surface area contributed by atoms with Crippen LogP contribution in [0.1, 0.15) is 60.8 Å². The number of piperazine rings is 2. The topological polar surface area (TPSA) is 171 Å². The minimum Gasteiger partial charge on any atom is -0.496 e. The van der Waals surface area contributed by atoms with E-state index in [2.05, 4.69) is 36.1 Å². The molecule has 1 unspecified atom stereocenters. The van der Waals surface area contributed by atoms with Gasteiger partial charge in [0, 0.05) is 126 Å². The lowest BCUT2D eigenvalue weighted by atomic mass is 9.92. The van der Waals surface area contributed by atoms with Crippen molar-refractivity contribution in [2.24, 2.45) is 13.0 Å². The number of benzene rings is 3. The molecule has 4 amide bonds. The molecule has 4 aliphatic rings. The number of para-hydroxylation sites is 1. The van der Waals surface area contributed by atoms with Gasteiger partial charge in [-0.05, 0) is 78.4 Å². The number of rotatable bonds is 12. The fourth-order valence-corrected chi connectivity index (χ4v) is 11.0. The number of halogens is 1. The van der Waals surface area contributed by atoms with Crippen molar-refractivity contribution in [2.45, 2.75) is 45.6 Å². The summed E-state index contributed by atoms with van der Waals surface area (Å²) in [5.41, 5.74) is 6.19. The van der Waals surface area contributed by atoms with Gasteiger partial charge in [-0.1, -0.05) is 32.1 Å². The van der Waals surface area contributed by atoms with E-state index in [1.54, 1.807) is 47.9 Å². The molecule has 3 aromatic heterocycles. The Morgan fingerprint density at radius 3 is 2.33 bits per heavy atom. The highest BCUT2D eigenvalue weighted by molar-refractivity contribution is 6.06. The molecule has 7 heterocycles. The molecule has 18 heteroatoms. The Hall–Kier alpha value is -7.47. The van der Waals surface area contributed by atoms with Crippen LogP contribution in [-0.2, 0) is 27.9 Å². The number of nitrogens with one attached hydrogen (secondary N) is 2. The molecule has 6 aromatic rings. The number of aromatic amines is 1. The molecule has 10 rings (SSSR count). The van der Waals surface area contributed by atoms with E-state index in [9.17, 15) is 24.0 Å². The number of carbonyl (C=O) groups is 4. The van der Waals surface area contributed by atoms with E-state index in [4.69, 9.17) is 9.47 Å². The first-order chi connectivity index (χ1) is 34.8. The van der Waals surface area contributed by atoms with Crippen molar-refractivity contribution in [3.63, 3.8) is 0 Å². The van der Waals surface area contributed by atoms with Gasteiger partial charge in [-0.25, -0.2) is 14.2 Å². The number of imide groups is 1. The molecule has 0 spiro atoms. The molecule has 376 valence electrons. The van der Waals surface area contributed by atoms with Crippen LogP contribution in [0.3, 0.4) is 0 Å². The highest BCUT2D eigenvalue weighted by Gasteiger charge is 2.33. The molecule has 0 aliphatic carbocycles. The number of ether oxygens (including phenoxy) is 2. The van der Waals surface area contributed by atoms with Crippen LogP contribution in [0, 0.1) is 11.7 Å².